The van der Waals surface area contributed by atoms with Crippen molar-refractivity contribution in [2.24, 2.45) is 12.8 Å². The molecule has 1 aromatic heterocycles. The first-order chi connectivity index (χ1) is 6.08. The van der Waals surface area contributed by atoms with E-state index in [1.54, 1.807) is 0 Å². The largest absolute Gasteiger partial charge is 0.328 e. The lowest BCUT2D eigenvalue weighted by Crippen LogP contribution is -2.19. The molecule has 0 spiro atoms. The minimum absolute atomic E-state index is 0.277. The second-order valence-corrected chi connectivity index (χ2v) is 5.00. The van der Waals surface area contributed by atoms with Gasteiger partial charge in [0, 0.05) is 29.4 Å². The van der Waals surface area contributed by atoms with Gasteiger partial charge < -0.3 is 5.73 Å². The van der Waals surface area contributed by atoms with Crippen LogP contribution in [0, 0.1) is 0 Å². The first-order valence-electron chi connectivity index (χ1n) is 4.49. The predicted molar refractivity (Wildman–Crippen MR) is 56.8 cm³/mol. The van der Waals surface area contributed by atoms with Crippen molar-refractivity contribution in [1.82, 2.24) is 9.78 Å². The van der Waals surface area contributed by atoms with Gasteiger partial charge in [-0.2, -0.15) is 5.10 Å². The summed E-state index contributed by atoms with van der Waals surface area (Å²) in [5.41, 5.74) is 5.72. The first kappa shape index (κ1) is 10.6. The Labute approximate surface area is 83.7 Å². The molecule has 2 unspecified atom stereocenters. The first-order valence-corrected chi connectivity index (χ1v) is 5.36. The van der Waals surface area contributed by atoms with Crippen molar-refractivity contribution in [2.75, 3.05) is 0 Å². The van der Waals surface area contributed by atoms with Gasteiger partial charge in [-0.05, 0) is 13.3 Å². The van der Waals surface area contributed by atoms with Crippen LogP contribution in [-0.2, 0) is 7.05 Å². The molecule has 1 heterocycles. The van der Waals surface area contributed by atoms with Gasteiger partial charge in [0.25, 0.3) is 0 Å². The summed E-state index contributed by atoms with van der Waals surface area (Å²) in [7, 11) is 1.93. The smallest absolute Gasteiger partial charge is 0.0625 e. The van der Waals surface area contributed by atoms with Crippen molar-refractivity contribution in [2.45, 2.75) is 36.5 Å². The zero-order chi connectivity index (χ0) is 9.84. The summed E-state index contributed by atoms with van der Waals surface area (Å²) in [6, 6.07) is 0.277. The quantitative estimate of drug-likeness (QED) is 0.750. The van der Waals surface area contributed by atoms with Crippen LogP contribution in [0.4, 0.5) is 0 Å². The number of hydrogen-bond donors (Lipinski definition) is 1. The van der Waals surface area contributed by atoms with E-state index in [1.165, 1.54) is 4.90 Å². The molecule has 0 aliphatic heterocycles. The minimum atomic E-state index is 0.277. The van der Waals surface area contributed by atoms with Gasteiger partial charge in [-0.15, -0.1) is 11.8 Å². The second kappa shape index (κ2) is 4.67. The van der Waals surface area contributed by atoms with Crippen molar-refractivity contribution < 1.29 is 0 Å². The van der Waals surface area contributed by atoms with Crippen molar-refractivity contribution in [3.63, 3.8) is 0 Å². The monoisotopic (exact) mass is 199 g/mol. The predicted octanol–water partition coefficient (Wildman–Crippen LogP) is 1.64. The molecule has 0 aliphatic rings. The van der Waals surface area contributed by atoms with Crippen molar-refractivity contribution in [3.8, 4) is 0 Å². The molecule has 0 aliphatic carbocycles. The van der Waals surface area contributed by atoms with E-state index >= 15 is 0 Å². The van der Waals surface area contributed by atoms with E-state index in [1.807, 2.05) is 42.8 Å². The van der Waals surface area contributed by atoms with Gasteiger partial charge in [0.15, 0.2) is 0 Å². The van der Waals surface area contributed by atoms with Crippen LogP contribution in [0.2, 0.25) is 0 Å². The van der Waals surface area contributed by atoms with Crippen LogP contribution in [0.5, 0.6) is 0 Å². The van der Waals surface area contributed by atoms with Gasteiger partial charge in [0.05, 0.1) is 6.20 Å². The summed E-state index contributed by atoms with van der Waals surface area (Å²) < 4.78 is 1.82. The Morgan fingerprint density at radius 3 is 2.77 bits per heavy atom. The number of nitrogens with zero attached hydrogens (tertiary/aromatic N) is 2. The topological polar surface area (TPSA) is 43.8 Å². The fourth-order valence-corrected chi connectivity index (χ4v) is 2.45. The van der Waals surface area contributed by atoms with Crippen molar-refractivity contribution >= 4 is 11.8 Å². The average Bonchev–Trinajstić information content (AvgIpc) is 2.33. The Bertz CT molecular complexity index is 257. The SMILES string of the molecule is CC(N)CC(C)Sc1cnn(C)c1. The van der Waals surface area contributed by atoms with Crippen LogP contribution < -0.4 is 5.73 Å². The molecule has 74 valence electrons. The molecule has 0 saturated carbocycles. The molecule has 2 N–H and O–H groups in total. The lowest BCUT2D eigenvalue weighted by Gasteiger charge is -2.11. The maximum Gasteiger partial charge on any atom is 0.0625 e. The third-order valence-corrected chi connectivity index (χ3v) is 2.80. The molecule has 0 saturated heterocycles. The van der Waals surface area contributed by atoms with E-state index in [0.29, 0.717) is 5.25 Å². The highest BCUT2D eigenvalue weighted by atomic mass is 32.2. The van der Waals surface area contributed by atoms with Crippen LogP contribution in [0.15, 0.2) is 17.3 Å². The molecule has 0 radical (unpaired) electrons. The van der Waals surface area contributed by atoms with Crippen molar-refractivity contribution in [3.05, 3.63) is 12.4 Å². The second-order valence-electron chi connectivity index (χ2n) is 3.49. The summed E-state index contributed by atoms with van der Waals surface area (Å²) in [5, 5.41) is 4.67. The molecule has 3 nitrogen and oxygen atoms in total. The van der Waals surface area contributed by atoms with Gasteiger partial charge in [-0.1, -0.05) is 6.92 Å². The summed E-state index contributed by atoms with van der Waals surface area (Å²) in [5.74, 6) is 0. The highest BCUT2D eigenvalue weighted by molar-refractivity contribution is 7.99. The molecule has 2 atom stereocenters. The van der Waals surface area contributed by atoms with Gasteiger partial charge >= 0.3 is 0 Å². The van der Waals surface area contributed by atoms with E-state index in [2.05, 4.69) is 12.0 Å². The van der Waals surface area contributed by atoms with Crippen LogP contribution in [-0.4, -0.2) is 21.1 Å². The maximum atomic E-state index is 5.72. The van der Waals surface area contributed by atoms with E-state index in [-0.39, 0.29) is 6.04 Å². The molecule has 1 rings (SSSR count). The van der Waals surface area contributed by atoms with Crippen molar-refractivity contribution in [1.29, 1.82) is 0 Å². The molecular weight excluding hydrogens is 182 g/mol. The number of rotatable bonds is 4. The number of nitrogens with two attached hydrogens (primary N) is 1. The van der Waals surface area contributed by atoms with Gasteiger partial charge in [-0.3, -0.25) is 4.68 Å². The highest BCUT2D eigenvalue weighted by Crippen LogP contribution is 2.24. The normalized spacial score (nSPS) is 15.7. The zero-order valence-corrected chi connectivity index (χ0v) is 9.21. The molecule has 0 bridgehead atoms. The molecule has 1 aromatic rings. The minimum Gasteiger partial charge on any atom is -0.328 e. The number of aryl methyl sites for hydroxylation is 1. The summed E-state index contributed by atoms with van der Waals surface area (Å²) in [6.45, 7) is 4.24. The molecule has 4 heteroatoms. The third kappa shape index (κ3) is 3.83. The highest BCUT2D eigenvalue weighted by Gasteiger charge is 2.07. The summed E-state index contributed by atoms with van der Waals surface area (Å²) in [4.78, 5) is 1.22. The fourth-order valence-electron chi connectivity index (χ4n) is 1.26. The maximum absolute atomic E-state index is 5.72. The van der Waals surface area contributed by atoms with Crippen LogP contribution in [0.3, 0.4) is 0 Å². The van der Waals surface area contributed by atoms with Crippen LogP contribution in [0.1, 0.15) is 20.3 Å². The molecule has 0 fully saturated rings. The molecule has 13 heavy (non-hydrogen) atoms. The number of thioether (sulfide) groups is 1. The van der Waals surface area contributed by atoms with Gasteiger partial charge in [0.1, 0.15) is 0 Å². The third-order valence-electron chi connectivity index (χ3n) is 1.72. The molecule has 0 aromatic carbocycles. The Hall–Kier alpha value is -0.480. The molecule has 0 amide bonds. The fraction of sp³-hybridized carbons (Fsp3) is 0.667. The van der Waals surface area contributed by atoms with Gasteiger partial charge in [-0.25, -0.2) is 0 Å². The van der Waals surface area contributed by atoms with E-state index < -0.39 is 0 Å². The van der Waals surface area contributed by atoms with Gasteiger partial charge in [0.2, 0.25) is 0 Å². The average molecular weight is 199 g/mol. The number of hydrogen-bond acceptors (Lipinski definition) is 3. The van der Waals surface area contributed by atoms with Crippen LogP contribution in [0.25, 0.3) is 0 Å². The Balaban J connectivity index is 2.40. The lowest BCUT2D eigenvalue weighted by atomic mass is 10.2. The number of aromatic nitrogens is 2. The Kier molecular flexibility index (Phi) is 3.81. The lowest BCUT2D eigenvalue weighted by molar-refractivity contribution is 0.663. The Morgan fingerprint density at radius 1 is 1.62 bits per heavy atom. The summed E-state index contributed by atoms with van der Waals surface area (Å²) >= 11 is 1.83. The van der Waals surface area contributed by atoms with E-state index in [4.69, 9.17) is 5.73 Å². The summed E-state index contributed by atoms with van der Waals surface area (Å²) in [6.07, 6.45) is 4.96. The van der Waals surface area contributed by atoms with Crippen LogP contribution >= 0.6 is 11.8 Å². The Morgan fingerprint density at radius 2 is 2.31 bits per heavy atom. The standard InChI is InChI=1S/C9H17N3S/c1-7(10)4-8(2)13-9-5-11-12(3)6-9/h5-8H,4,10H2,1-3H3. The van der Waals surface area contributed by atoms with E-state index in [0.717, 1.165) is 6.42 Å². The molecular formula is C9H17N3S. The van der Waals surface area contributed by atoms with E-state index in [9.17, 15) is 0 Å². The zero-order valence-electron chi connectivity index (χ0n) is 8.40.